The Bertz CT molecular complexity index is 1270. The fourth-order valence-electron chi connectivity index (χ4n) is 4.32. The van der Waals surface area contributed by atoms with Gasteiger partial charge in [-0.15, -0.1) is 0 Å². The quantitative estimate of drug-likeness (QED) is 0.312. The van der Waals surface area contributed by atoms with Crippen LogP contribution in [0.2, 0.25) is 0 Å². The molecule has 0 fully saturated rings. The number of nitrogens with zero attached hydrogens (tertiary/aromatic N) is 2. The normalized spacial score (nSPS) is 11.9. The van der Waals surface area contributed by atoms with Crippen LogP contribution in [0.5, 0.6) is 0 Å². The van der Waals surface area contributed by atoms with Gasteiger partial charge in [0.05, 0.1) is 6.04 Å². The molecule has 0 aliphatic carbocycles. The molecule has 0 spiro atoms. The molecule has 0 saturated heterocycles. The van der Waals surface area contributed by atoms with Crippen LogP contribution in [0.25, 0.3) is 22.6 Å². The fraction of sp³-hybridized carbons (Fsp3) is 0.241. The second-order valence-electron chi connectivity index (χ2n) is 8.45. The average molecular weight is 456 g/mol. The number of hydrogen-bond donors (Lipinski definition) is 1. The summed E-state index contributed by atoms with van der Waals surface area (Å²) in [5.41, 5.74) is 3.81. The van der Waals surface area contributed by atoms with E-state index < -0.39 is 0 Å². The van der Waals surface area contributed by atoms with Gasteiger partial charge in [0.1, 0.15) is 23.0 Å². The van der Waals surface area contributed by atoms with Gasteiger partial charge in [0, 0.05) is 17.7 Å². The number of benzene rings is 3. The predicted molar refractivity (Wildman–Crippen MR) is 135 cm³/mol. The van der Waals surface area contributed by atoms with Crippen LogP contribution in [0, 0.1) is 12.7 Å². The maximum Gasteiger partial charge on any atom is 0.270 e. The molecule has 1 N–H and O–H groups in total. The number of nitrogens with one attached hydrogen (secondary N) is 1. The van der Waals surface area contributed by atoms with Crippen molar-refractivity contribution in [3.63, 3.8) is 0 Å². The molecule has 0 bridgehead atoms. The van der Waals surface area contributed by atoms with Crippen LogP contribution in [0.4, 0.5) is 4.39 Å². The topological polar surface area (TPSA) is 46.9 Å². The van der Waals surface area contributed by atoms with Crippen molar-refractivity contribution in [1.82, 2.24) is 14.9 Å². The summed E-state index contributed by atoms with van der Waals surface area (Å²) in [5, 5.41) is 3.21. The Hall–Kier alpha value is -3.73. The van der Waals surface area contributed by atoms with Crippen molar-refractivity contribution in [2.45, 2.75) is 46.2 Å². The number of aromatic nitrogens is 2. The molecule has 0 saturated carbocycles. The second kappa shape index (κ2) is 10.5. The summed E-state index contributed by atoms with van der Waals surface area (Å²) in [6.45, 7) is 6.44. The summed E-state index contributed by atoms with van der Waals surface area (Å²) in [4.78, 5) is 18.6. The Morgan fingerprint density at radius 2 is 1.68 bits per heavy atom. The predicted octanol–water partition coefficient (Wildman–Crippen LogP) is 6.96. The highest BCUT2D eigenvalue weighted by Crippen LogP contribution is 2.32. The Morgan fingerprint density at radius 1 is 1.00 bits per heavy atom. The van der Waals surface area contributed by atoms with Crippen LogP contribution in [-0.4, -0.2) is 15.5 Å². The molecule has 5 heteroatoms. The lowest BCUT2D eigenvalue weighted by Gasteiger charge is -2.20. The lowest BCUT2D eigenvalue weighted by Crippen LogP contribution is -2.30. The van der Waals surface area contributed by atoms with Gasteiger partial charge in [-0.05, 0) is 43.5 Å². The molecule has 174 valence electrons. The van der Waals surface area contributed by atoms with Gasteiger partial charge in [-0.1, -0.05) is 80.1 Å². The van der Waals surface area contributed by atoms with Crippen LogP contribution in [0.15, 0.2) is 78.9 Å². The van der Waals surface area contributed by atoms with E-state index in [1.165, 1.54) is 6.07 Å². The van der Waals surface area contributed by atoms with E-state index >= 15 is 4.39 Å². The molecule has 4 nitrogen and oxygen atoms in total. The van der Waals surface area contributed by atoms with E-state index in [4.69, 9.17) is 4.98 Å². The Labute approximate surface area is 200 Å². The van der Waals surface area contributed by atoms with E-state index in [0.717, 1.165) is 29.5 Å². The highest BCUT2D eigenvalue weighted by Gasteiger charge is 2.27. The molecule has 0 radical (unpaired) electrons. The summed E-state index contributed by atoms with van der Waals surface area (Å²) < 4.78 is 17.0. The summed E-state index contributed by atoms with van der Waals surface area (Å²) in [6, 6.07) is 24.6. The summed E-state index contributed by atoms with van der Waals surface area (Å²) in [7, 11) is 0. The first-order valence-electron chi connectivity index (χ1n) is 11.8. The molecule has 34 heavy (non-hydrogen) atoms. The van der Waals surface area contributed by atoms with Crippen LogP contribution in [0.1, 0.15) is 54.3 Å². The van der Waals surface area contributed by atoms with Crippen molar-refractivity contribution in [1.29, 1.82) is 0 Å². The maximum absolute atomic E-state index is 15.1. The number of imidazole rings is 1. The minimum atomic E-state index is -0.386. The van der Waals surface area contributed by atoms with E-state index in [1.54, 1.807) is 6.07 Å². The van der Waals surface area contributed by atoms with Gasteiger partial charge < -0.3 is 9.88 Å². The standard InChI is InChI=1S/C29H30FN3O/c1-4-12-25(21-13-8-6-9-14-21)31-29(34)27-26(23-18-17-20(3)19-24(23)30)32-28(33(27)5-2)22-15-10-7-11-16-22/h6-11,13-19,25H,4-5,12H2,1-3H3,(H,31,34). The highest BCUT2D eigenvalue weighted by atomic mass is 19.1. The third kappa shape index (κ3) is 4.79. The molecular weight excluding hydrogens is 425 g/mol. The van der Waals surface area contributed by atoms with E-state index in [2.05, 4.69) is 12.2 Å². The molecule has 3 aromatic carbocycles. The number of carbonyl (C=O) groups is 1. The highest BCUT2D eigenvalue weighted by molar-refractivity contribution is 6.00. The van der Waals surface area contributed by atoms with Crippen LogP contribution >= 0.6 is 0 Å². The molecule has 4 rings (SSSR count). The van der Waals surface area contributed by atoms with Gasteiger partial charge in [-0.25, -0.2) is 9.37 Å². The second-order valence-corrected chi connectivity index (χ2v) is 8.45. The minimum Gasteiger partial charge on any atom is -0.344 e. The summed E-state index contributed by atoms with van der Waals surface area (Å²) >= 11 is 0. The molecule has 1 heterocycles. The largest absolute Gasteiger partial charge is 0.344 e. The average Bonchev–Trinajstić information content (AvgIpc) is 3.24. The number of rotatable bonds is 8. The van der Waals surface area contributed by atoms with Crippen molar-refractivity contribution in [3.05, 3.63) is 102 Å². The number of carbonyl (C=O) groups excluding carboxylic acids is 1. The number of aryl methyl sites for hydroxylation is 1. The van der Waals surface area contributed by atoms with Gasteiger partial charge in [-0.3, -0.25) is 4.79 Å². The summed E-state index contributed by atoms with van der Waals surface area (Å²) in [5.74, 6) is 0.00590. The van der Waals surface area contributed by atoms with E-state index in [0.29, 0.717) is 29.3 Å². The number of halogens is 1. The van der Waals surface area contributed by atoms with Crippen molar-refractivity contribution >= 4 is 5.91 Å². The number of amides is 1. The lowest BCUT2D eigenvalue weighted by atomic mass is 10.0. The SMILES string of the molecule is CCCC(NC(=O)c1c(-c2ccc(C)cc2F)nc(-c2ccccc2)n1CC)c1ccccc1. The molecule has 1 atom stereocenters. The molecule has 1 aromatic heterocycles. The van der Waals surface area contributed by atoms with Crippen molar-refractivity contribution in [2.75, 3.05) is 0 Å². The molecule has 4 aromatic rings. The Morgan fingerprint density at radius 3 is 2.29 bits per heavy atom. The zero-order chi connectivity index (χ0) is 24.1. The maximum atomic E-state index is 15.1. The van der Waals surface area contributed by atoms with Crippen LogP contribution in [-0.2, 0) is 6.54 Å². The van der Waals surface area contributed by atoms with E-state index in [9.17, 15) is 4.79 Å². The van der Waals surface area contributed by atoms with Crippen molar-refractivity contribution < 1.29 is 9.18 Å². The monoisotopic (exact) mass is 455 g/mol. The van der Waals surface area contributed by atoms with Crippen LogP contribution in [0.3, 0.4) is 0 Å². The number of hydrogen-bond acceptors (Lipinski definition) is 2. The van der Waals surface area contributed by atoms with Crippen molar-refractivity contribution in [2.24, 2.45) is 0 Å². The van der Waals surface area contributed by atoms with Crippen LogP contribution < -0.4 is 5.32 Å². The van der Waals surface area contributed by atoms with Crippen molar-refractivity contribution in [3.8, 4) is 22.6 Å². The first kappa shape index (κ1) is 23.4. The molecule has 1 amide bonds. The third-order valence-corrected chi connectivity index (χ3v) is 6.00. The van der Waals surface area contributed by atoms with Gasteiger partial charge in [0.25, 0.3) is 5.91 Å². The third-order valence-electron chi connectivity index (χ3n) is 6.00. The van der Waals surface area contributed by atoms with Gasteiger partial charge in [0.2, 0.25) is 0 Å². The molecule has 0 aliphatic heterocycles. The first-order valence-corrected chi connectivity index (χ1v) is 11.8. The smallest absolute Gasteiger partial charge is 0.270 e. The van der Waals surface area contributed by atoms with E-state index in [1.807, 2.05) is 85.1 Å². The molecular formula is C29H30FN3O. The molecule has 0 aliphatic rings. The Balaban J connectivity index is 1.85. The minimum absolute atomic E-state index is 0.144. The zero-order valence-electron chi connectivity index (χ0n) is 19.9. The molecule has 1 unspecified atom stereocenters. The van der Waals surface area contributed by atoms with Gasteiger partial charge >= 0.3 is 0 Å². The van der Waals surface area contributed by atoms with Gasteiger partial charge in [0.15, 0.2) is 0 Å². The van der Waals surface area contributed by atoms with E-state index in [-0.39, 0.29) is 17.8 Å². The van der Waals surface area contributed by atoms with Gasteiger partial charge in [-0.2, -0.15) is 0 Å². The Kier molecular flexibility index (Phi) is 7.21. The lowest BCUT2D eigenvalue weighted by molar-refractivity contribution is 0.0926. The fourth-order valence-corrected chi connectivity index (χ4v) is 4.32. The first-order chi connectivity index (χ1) is 16.5. The summed E-state index contributed by atoms with van der Waals surface area (Å²) in [6.07, 6.45) is 1.72. The zero-order valence-corrected chi connectivity index (χ0v) is 19.9.